The molecule has 15 heteroatoms. The zero-order chi connectivity index (χ0) is 27.5. The molecule has 37 heavy (non-hydrogen) atoms. The monoisotopic (exact) mass is 533 g/mol. The Kier molecular flexibility index (Phi) is 7.45. The van der Waals surface area contributed by atoms with Gasteiger partial charge in [0.25, 0.3) is 11.8 Å². The summed E-state index contributed by atoms with van der Waals surface area (Å²) < 4.78 is 106. The molecule has 0 unspecified atom stereocenters. The molecule has 1 heterocycles. The number of nitrogens with zero attached hydrogens (tertiary/aromatic N) is 1. The maximum absolute atomic E-state index is 14.8. The van der Waals surface area contributed by atoms with Crippen LogP contribution in [0, 0.1) is 5.82 Å². The number of ether oxygens (including phenoxy) is 3. The molecule has 2 amide bonds. The minimum Gasteiger partial charge on any atom is -0.493 e. The molecule has 1 aromatic heterocycles. The van der Waals surface area contributed by atoms with Crippen LogP contribution in [-0.2, 0) is 6.18 Å². The van der Waals surface area contributed by atoms with Gasteiger partial charge in [0.1, 0.15) is 28.6 Å². The van der Waals surface area contributed by atoms with Gasteiger partial charge in [0.05, 0.1) is 12.7 Å². The van der Waals surface area contributed by atoms with Crippen molar-refractivity contribution in [1.82, 2.24) is 4.98 Å². The molecular formula is C22H14F7N3O5. The van der Waals surface area contributed by atoms with Gasteiger partial charge < -0.3 is 25.3 Å². The normalized spacial score (nSPS) is 11.6. The van der Waals surface area contributed by atoms with E-state index in [-0.39, 0.29) is 17.4 Å². The van der Waals surface area contributed by atoms with Gasteiger partial charge in [-0.15, -0.1) is 13.2 Å². The predicted molar refractivity (Wildman–Crippen MR) is 112 cm³/mol. The van der Waals surface area contributed by atoms with Gasteiger partial charge in [0.2, 0.25) is 0 Å². The fraction of sp³-hybridized carbons (Fsp3) is 0.136. The minimum atomic E-state index is -5.05. The molecule has 0 radical (unpaired) electrons. The van der Waals surface area contributed by atoms with Crippen molar-refractivity contribution in [3.63, 3.8) is 0 Å². The number of amides is 2. The van der Waals surface area contributed by atoms with E-state index in [2.05, 4.69) is 15.0 Å². The number of hydrogen-bond donors (Lipinski definition) is 2. The standard InChI is InChI=1S/C22H14F7N3O5/c1-35-16-9-12(37-22(27,28)29)2-3-15(16)36-17-7-10(21(24,25)26)6-13(23)18(17)20(34)32-11-4-5-31-14(8-11)19(30)33/h2-9H,1H3,(H2,30,33)(H,31,32,34). The third-order valence-corrected chi connectivity index (χ3v) is 4.47. The molecule has 0 saturated heterocycles. The van der Waals surface area contributed by atoms with Crippen LogP contribution in [0.2, 0.25) is 0 Å². The van der Waals surface area contributed by atoms with Crippen LogP contribution in [0.5, 0.6) is 23.0 Å². The van der Waals surface area contributed by atoms with Gasteiger partial charge >= 0.3 is 12.5 Å². The second-order valence-corrected chi connectivity index (χ2v) is 7.04. The third kappa shape index (κ3) is 6.77. The van der Waals surface area contributed by atoms with E-state index in [1.165, 1.54) is 6.07 Å². The highest BCUT2D eigenvalue weighted by molar-refractivity contribution is 6.07. The average Bonchev–Trinajstić information content (AvgIpc) is 2.78. The minimum absolute atomic E-state index is 0.0562. The summed E-state index contributed by atoms with van der Waals surface area (Å²) >= 11 is 0. The molecule has 8 nitrogen and oxygen atoms in total. The lowest BCUT2D eigenvalue weighted by molar-refractivity contribution is -0.274. The summed E-state index contributed by atoms with van der Waals surface area (Å²) in [5.41, 5.74) is 2.21. The fourth-order valence-corrected chi connectivity index (χ4v) is 2.93. The van der Waals surface area contributed by atoms with Crippen LogP contribution in [0.3, 0.4) is 0 Å². The van der Waals surface area contributed by atoms with Crippen molar-refractivity contribution in [2.75, 3.05) is 12.4 Å². The van der Waals surface area contributed by atoms with Gasteiger partial charge in [-0.3, -0.25) is 14.6 Å². The number of benzene rings is 2. The average molecular weight is 533 g/mol. The van der Waals surface area contributed by atoms with Gasteiger partial charge in [-0.2, -0.15) is 13.2 Å². The first-order valence-corrected chi connectivity index (χ1v) is 9.77. The largest absolute Gasteiger partial charge is 0.573 e. The van der Waals surface area contributed by atoms with E-state index < -0.39 is 64.3 Å². The van der Waals surface area contributed by atoms with E-state index in [1.54, 1.807) is 0 Å². The topological polar surface area (TPSA) is 113 Å². The first-order chi connectivity index (χ1) is 17.2. The Morgan fingerprint density at radius 2 is 1.65 bits per heavy atom. The lowest BCUT2D eigenvalue weighted by Crippen LogP contribution is -2.18. The number of pyridine rings is 1. The molecule has 0 fully saturated rings. The van der Waals surface area contributed by atoms with E-state index >= 15 is 0 Å². The first kappa shape index (κ1) is 27.0. The highest BCUT2D eigenvalue weighted by Gasteiger charge is 2.35. The SMILES string of the molecule is COc1cc(OC(F)(F)F)ccc1Oc1cc(C(F)(F)F)cc(F)c1C(=O)Nc1ccnc(C(N)=O)c1. The summed E-state index contributed by atoms with van der Waals surface area (Å²) in [7, 11) is 1.01. The number of rotatable bonds is 7. The molecule has 0 aliphatic carbocycles. The molecule has 3 aromatic rings. The summed E-state index contributed by atoms with van der Waals surface area (Å²) in [6.45, 7) is 0. The van der Waals surface area contributed by atoms with E-state index in [0.717, 1.165) is 37.6 Å². The van der Waals surface area contributed by atoms with Gasteiger partial charge in [-0.1, -0.05) is 0 Å². The number of alkyl halides is 6. The number of hydrogen-bond acceptors (Lipinski definition) is 6. The summed E-state index contributed by atoms with van der Waals surface area (Å²) in [6.07, 6.45) is -9.01. The predicted octanol–water partition coefficient (Wildman–Crippen LogP) is 5.29. The number of carbonyl (C=O) groups is 2. The number of halogens is 7. The van der Waals surface area contributed by atoms with Crippen molar-refractivity contribution in [2.45, 2.75) is 12.5 Å². The first-order valence-electron chi connectivity index (χ1n) is 9.77. The molecule has 0 saturated carbocycles. The Labute approximate surface area is 202 Å². The van der Waals surface area contributed by atoms with Crippen LogP contribution >= 0.6 is 0 Å². The lowest BCUT2D eigenvalue weighted by atomic mass is 10.1. The van der Waals surface area contributed by atoms with Crippen LogP contribution in [-0.4, -0.2) is 30.3 Å². The van der Waals surface area contributed by atoms with E-state index in [4.69, 9.17) is 15.2 Å². The summed E-state index contributed by atoms with van der Waals surface area (Å²) in [5.74, 6) is -6.48. The fourth-order valence-electron chi connectivity index (χ4n) is 2.93. The molecule has 0 aliphatic heterocycles. The van der Waals surface area contributed by atoms with E-state index in [1.807, 2.05) is 0 Å². The molecular weight excluding hydrogens is 519 g/mol. The number of methoxy groups -OCH3 is 1. The molecule has 0 aliphatic rings. The molecule has 0 atom stereocenters. The summed E-state index contributed by atoms with van der Waals surface area (Å²) in [4.78, 5) is 27.8. The Bertz CT molecular complexity index is 1340. The van der Waals surface area contributed by atoms with Crippen LogP contribution in [0.1, 0.15) is 26.4 Å². The molecule has 196 valence electrons. The van der Waals surface area contributed by atoms with Gasteiger partial charge in [-0.05, 0) is 36.4 Å². The highest BCUT2D eigenvalue weighted by Crippen LogP contribution is 2.40. The van der Waals surface area contributed by atoms with Gasteiger partial charge in [-0.25, -0.2) is 4.39 Å². The number of nitrogens with one attached hydrogen (secondary N) is 1. The second-order valence-electron chi connectivity index (χ2n) is 7.04. The summed E-state index contributed by atoms with van der Waals surface area (Å²) in [5, 5.41) is 2.18. The molecule has 2 aromatic carbocycles. The van der Waals surface area contributed by atoms with E-state index in [0.29, 0.717) is 6.07 Å². The quantitative estimate of drug-likeness (QED) is 0.399. The van der Waals surface area contributed by atoms with E-state index in [9.17, 15) is 40.3 Å². The molecule has 0 spiro atoms. The zero-order valence-corrected chi connectivity index (χ0v) is 18.3. The van der Waals surface area contributed by atoms with Crippen LogP contribution < -0.4 is 25.3 Å². The van der Waals surface area contributed by atoms with Crippen molar-refractivity contribution in [2.24, 2.45) is 5.73 Å². The van der Waals surface area contributed by atoms with Crippen molar-refractivity contribution in [3.05, 3.63) is 71.3 Å². The Hall–Kier alpha value is -4.56. The Morgan fingerprint density at radius 3 is 2.24 bits per heavy atom. The lowest BCUT2D eigenvalue weighted by Gasteiger charge is -2.17. The van der Waals surface area contributed by atoms with Crippen LogP contribution in [0.15, 0.2) is 48.7 Å². The summed E-state index contributed by atoms with van der Waals surface area (Å²) in [6, 6.07) is 4.92. The van der Waals surface area contributed by atoms with Gasteiger partial charge in [0, 0.05) is 18.0 Å². The number of aromatic nitrogens is 1. The third-order valence-electron chi connectivity index (χ3n) is 4.47. The smallest absolute Gasteiger partial charge is 0.493 e. The maximum Gasteiger partial charge on any atom is 0.573 e. The van der Waals surface area contributed by atoms with Crippen LogP contribution in [0.4, 0.5) is 36.4 Å². The molecule has 3 rings (SSSR count). The Morgan fingerprint density at radius 1 is 0.946 bits per heavy atom. The maximum atomic E-state index is 14.8. The molecule has 0 bridgehead atoms. The second kappa shape index (κ2) is 10.2. The highest BCUT2D eigenvalue weighted by atomic mass is 19.4. The zero-order valence-electron chi connectivity index (χ0n) is 18.3. The number of carbonyl (C=O) groups excluding carboxylic acids is 2. The van der Waals surface area contributed by atoms with Crippen molar-refractivity contribution in [1.29, 1.82) is 0 Å². The van der Waals surface area contributed by atoms with Gasteiger partial charge in [0.15, 0.2) is 11.5 Å². The molecule has 3 N–H and O–H groups in total. The van der Waals surface area contributed by atoms with Crippen molar-refractivity contribution < 1.29 is 54.5 Å². The van der Waals surface area contributed by atoms with Crippen LogP contribution in [0.25, 0.3) is 0 Å². The Balaban J connectivity index is 2.05. The van der Waals surface area contributed by atoms with Crippen molar-refractivity contribution in [3.8, 4) is 23.0 Å². The number of nitrogens with two attached hydrogens (primary N) is 1. The number of anilines is 1. The van der Waals surface area contributed by atoms with Crippen molar-refractivity contribution >= 4 is 17.5 Å². The number of primary amides is 1.